The van der Waals surface area contributed by atoms with Crippen LogP contribution in [0, 0.1) is 5.41 Å². The molecule has 1 fully saturated rings. The molecule has 0 bridgehead atoms. The molecule has 0 aliphatic heterocycles. The molecule has 0 aromatic heterocycles. The van der Waals surface area contributed by atoms with Crippen molar-refractivity contribution in [1.82, 2.24) is 5.32 Å². The Bertz CT molecular complexity index is 234. The van der Waals surface area contributed by atoms with E-state index in [1.807, 2.05) is 20.8 Å². The van der Waals surface area contributed by atoms with Gasteiger partial charge < -0.3 is 14.8 Å². The zero-order valence-electron chi connectivity index (χ0n) is 10.7. The van der Waals surface area contributed by atoms with E-state index in [1.165, 1.54) is 7.11 Å². The number of carbonyl (C=O) groups is 1. The van der Waals surface area contributed by atoms with Gasteiger partial charge in [0.25, 0.3) is 0 Å². The lowest BCUT2D eigenvalue weighted by atomic mass is 9.87. The van der Waals surface area contributed by atoms with Crippen molar-refractivity contribution in [3.05, 3.63) is 0 Å². The van der Waals surface area contributed by atoms with Gasteiger partial charge in [0.2, 0.25) is 0 Å². The minimum atomic E-state index is -0.453. The SMILES string of the molecule is CCOC1CC(NCC(C)(C)C(=O)OC)C1. The van der Waals surface area contributed by atoms with Crippen LogP contribution in [-0.2, 0) is 14.3 Å². The summed E-state index contributed by atoms with van der Waals surface area (Å²) in [5.41, 5.74) is -0.453. The molecule has 4 nitrogen and oxygen atoms in total. The second kappa shape index (κ2) is 5.64. The van der Waals surface area contributed by atoms with Gasteiger partial charge in [-0.3, -0.25) is 4.79 Å². The molecule has 1 saturated carbocycles. The highest BCUT2D eigenvalue weighted by atomic mass is 16.5. The molecule has 1 N–H and O–H groups in total. The highest BCUT2D eigenvalue weighted by Crippen LogP contribution is 2.24. The van der Waals surface area contributed by atoms with Crippen molar-refractivity contribution >= 4 is 5.97 Å². The van der Waals surface area contributed by atoms with E-state index >= 15 is 0 Å². The molecular formula is C12H23NO3. The van der Waals surface area contributed by atoms with Gasteiger partial charge in [-0.2, -0.15) is 0 Å². The second-order valence-electron chi connectivity index (χ2n) is 5.00. The van der Waals surface area contributed by atoms with Gasteiger partial charge in [0.15, 0.2) is 0 Å². The van der Waals surface area contributed by atoms with Crippen LogP contribution in [0.15, 0.2) is 0 Å². The number of hydrogen-bond donors (Lipinski definition) is 1. The van der Waals surface area contributed by atoms with Crippen LogP contribution >= 0.6 is 0 Å². The summed E-state index contributed by atoms with van der Waals surface area (Å²) in [5.74, 6) is -0.166. The lowest BCUT2D eigenvalue weighted by Crippen LogP contribution is -2.49. The van der Waals surface area contributed by atoms with Gasteiger partial charge in [0, 0.05) is 19.2 Å². The molecule has 0 unspecified atom stereocenters. The first-order valence-corrected chi connectivity index (χ1v) is 5.93. The summed E-state index contributed by atoms with van der Waals surface area (Å²) < 4.78 is 10.2. The maximum Gasteiger partial charge on any atom is 0.312 e. The first-order chi connectivity index (χ1) is 7.49. The van der Waals surface area contributed by atoms with Crippen LogP contribution in [-0.4, -0.2) is 38.4 Å². The fraction of sp³-hybridized carbons (Fsp3) is 0.917. The van der Waals surface area contributed by atoms with Gasteiger partial charge in [-0.25, -0.2) is 0 Å². The third-order valence-corrected chi connectivity index (χ3v) is 3.07. The highest BCUT2D eigenvalue weighted by Gasteiger charge is 2.33. The average Bonchev–Trinajstić information content (AvgIpc) is 2.19. The number of carbonyl (C=O) groups excluding carboxylic acids is 1. The number of hydrogen-bond acceptors (Lipinski definition) is 4. The van der Waals surface area contributed by atoms with Gasteiger partial charge in [-0.1, -0.05) is 0 Å². The van der Waals surface area contributed by atoms with E-state index in [2.05, 4.69) is 5.32 Å². The van der Waals surface area contributed by atoms with E-state index in [0.717, 1.165) is 19.4 Å². The molecule has 0 radical (unpaired) electrons. The van der Waals surface area contributed by atoms with Gasteiger partial charge in [-0.15, -0.1) is 0 Å². The molecule has 1 rings (SSSR count). The second-order valence-corrected chi connectivity index (χ2v) is 5.00. The molecule has 0 heterocycles. The summed E-state index contributed by atoms with van der Waals surface area (Å²) in [6.45, 7) is 7.24. The Labute approximate surface area is 97.7 Å². The van der Waals surface area contributed by atoms with E-state index in [0.29, 0.717) is 18.7 Å². The molecule has 0 atom stereocenters. The Hall–Kier alpha value is -0.610. The minimum absolute atomic E-state index is 0.166. The van der Waals surface area contributed by atoms with Crippen molar-refractivity contribution in [2.45, 2.75) is 45.8 Å². The van der Waals surface area contributed by atoms with Crippen molar-refractivity contribution in [3.63, 3.8) is 0 Å². The smallest absolute Gasteiger partial charge is 0.312 e. The highest BCUT2D eigenvalue weighted by molar-refractivity contribution is 5.76. The zero-order chi connectivity index (χ0) is 12.2. The standard InChI is InChI=1S/C12H23NO3/c1-5-16-10-6-9(7-10)13-8-12(2,3)11(14)15-4/h9-10,13H,5-8H2,1-4H3. The molecule has 0 aromatic carbocycles. The molecule has 1 aliphatic carbocycles. The van der Waals surface area contributed by atoms with Crippen LogP contribution in [0.1, 0.15) is 33.6 Å². The van der Waals surface area contributed by atoms with Crippen LogP contribution in [0.2, 0.25) is 0 Å². The van der Waals surface area contributed by atoms with Crippen molar-refractivity contribution in [1.29, 1.82) is 0 Å². The maximum atomic E-state index is 11.4. The Morgan fingerprint density at radius 2 is 2.06 bits per heavy atom. The fourth-order valence-corrected chi connectivity index (χ4v) is 1.85. The van der Waals surface area contributed by atoms with E-state index in [9.17, 15) is 4.79 Å². The largest absolute Gasteiger partial charge is 0.469 e. The summed E-state index contributed by atoms with van der Waals surface area (Å²) in [6.07, 6.45) is 2.50. The van der Waals surface area contributed by atoms with Crippen LogP contribution in [0.5, 0.6) is 0 Å². The molecule has 1 aliphatic rings. The summed E-state index contributed by atoms with van der Waals surface area (Å²) in [7, 11) is 1.43. The van der Waals surface area contributed by atoms with E-state index in [4.69, 9.17) is 9.47 Å². The van der Waals surface area contributed by atoms with E-state index in [1.54, 1.807) is 0 Å². The molecule has 94 valence electrons. The maximum absolute atomic E-state index is 11.4. The predicted octanol–water partition coefficient (Wildman–Crippen LogP) is 1.34. The summed E-state index contributed by atoms with van der Waals surface area (Å²) in [5, 5.41) is 3.38. The lowest BCUT2D eigenvalue weighted by Gasteiger charge is -2.37. The Morgan fingerprint density at radius 1 is 1.44 bits per heavy atom. The Kier molecular flexibility index (Phi) is 4.74. The van der Waals surface area contributed by atoms with Gasteiger partial charge in [0.05, 0.1) is 18.6 Å². The zero-order valence-corrected chi connectivity index (χ0v) is 10.7. The van der Waals surface area contributed by atoms with Crippen LogP contribution in [0.25, 0.3) is 0 Å². The van der Waals surface area contributed by atoms with Crippen LogP contribution < -0.4 is 5.32 Å². The Morgan fingerprint density at radius 3 is 2.56 bits per heavy atom. The van der Waals surface area contributed by atoms with Crippen molar-refractivity contribution in [3.8, 4) is 0 Å². The third kappa shape index (κ3) is 3.46. The Balaban J connectivity index is 2.19. The number of esters is 1. The number of ether oxygens (including phenoxy) is 2. The van der Waals surface area contributed by atoms with Gasteiger partial charge in [0.1, 0.15) is 0 Å². The van der Waals surface area contributed by atoms with E-state index < -0.39 is 5.41 Å². The fourth-order valence-electron chi connectivity index (χ4n) is 1.85. The number of rotatable bonds is 6. The molecule has 0 spiro atoms. The van der Waals surface area contributed by atoms with Gasteiger partial charge in [-0.05, 0) is 33.6 Å². The molecule has 4 heteroatoms. The number of methoxy groups -OCH3 is 1. The molecule has 16 heavy (non-hydrogen) atoms. The van der Waals surface area contributed by atoms with Crippen LogP contribution in [0.3, 0.4) is 0 Å². The van der Waals surface area contributed by atoms with Gasteiger partial charge >= 0.3 is 5.97 Å². The molecule has 0 saturated heterocycles. The monoisotopic (exact) mass is 229 g/mol. The summed E-state index contributed by atoms with van der Waals surface area (Å²) in [4.78, 5) is 11.4. The van der Waals surface area contributed by atoms with Crippen molar-refractivity contribution in [2.24, 2.45) is 5.41 Å². The van der Waals surface area contributed by atoms with E-state index in [-0.39, 0.29) is 5.97 Å². The topological polar surface area (TPSA) is 47.6 Å². The molecule has 0 aromatic rings. The van der Waals surface area contributed by atoms with Crippen molar-refractivity contribution < 1.29 is 14.3 Å². The lowest BCUT2D eigenvalue weighted by molar-refractivity contribution is -0.150. The molecule has 0 amide bonds. The van der Waals surface area contributed by atoms with Crippen molar-refractivity contribution in [2.75, 3.05) is 20.3 Å². The minimum Gasteiger partial charge on any atom is -0.469 e. The summed E-state index contributed by atoms with van der Waals surface area (Å²) in [6, 6.07) is 0.487. The quantitative estimate of drug-likeness (QED) is 0.698. The predicted molar refractivity (Wildman–Crippen MR) is 62.2 cm³/mol. The van der Waals surface area contributed by atoms with Crippen LogP contribution in [0.4, 0.5) is 0 Å². The third-order valence-electron chi connectivity index (χ3n) is 3.07. The summed E-state index contributed by atoms with van der Waals surface area (Å²) >= 11 is 0. The first kappa shape index (κ1) is 13.5. The number of nitrogens with one attached hydrogen (secondary N) is 1. The average molecular weight is 229 g/mol. The normalized spacial score (nSPS) is 25.0. The first-order valence-electron chi connectivity index (χ1n) is 5.93. The molecular weight excluding hydrogens is 206 g/mol.